The van der Waals surface area contributed by atoms with Crippen LogP contribution in [0.4, 0.5) is 5.69 Å². The van der Waals surface area contributed by atoms with Crippen molar-refractivity contribution in [3.05, 3.63) is 24.3 Å². The summed E-state index contributed by atoms with van der Waals surface area (Å²) in [5, 5.41) is 0. The Bertz CT molecular complexity index is 466. The first-order chi connectivity index (χ1) is 9.71. The number of benzene rings is 1. The predicted molar refractivity (Wildman–Crippen MR) is 91.1 cm³/mol. The molecule has 1 aromatic rings. The van der Waals surface area contributed by atoms with Gasteiger partial charge in [0.2, 0.25) is 0 Å². The highest BCUT2D eigenvalue weighted by atomic mass is 32.2. The molecule has 0 spiro atoms. The van der Waals surface area contributed by atoms with Crippen LogP contribution in [0, 0.1) is 5.41 Å². The summed E-state index contributed by atoms with van der Waals surface area (Å²) in [5.74, 6) is 0.632. The maximum absolute atomic E-state index is 11.7. The van der Waals surface area contributed by atoms with Crippen molar-refractivity contribution in [2.75, 3.05) is 24.3 Å². The van der Waals surface area contributed by atoms with Gasteiger partial charge in [-0.3, -0.25) is 4.79 Å². The monoisotopic (exact) mass is 309 g/mol. The van der Waals surface area contributed by atoms with E-state index in [9.17, 15) is 4.79 Å². The van der Waals surface area contributed by atoms with Gasteiger partial charge in [0, 0.05) is 29.4 Å². The zero-order valence-corrected chi connectivity index (χ0v) is 14.8. The Kier molecular flexibility index (Phi) is 6.59. The molecule has 0 fully saturated rings. The minimum atomic E-state index is -0.426. The standard InChI is InChI=1S/C17H27NO2S/c1-13(2)18(6)14-8-7-9-15(12-14)21-11-10-20-16(19)17(3,4)5/h7-9,12-13H,10-11H2,1-6H3. The number of ether oxygens (including phenoxy) is 1. The first kappa shape index (κ1) is 17.9. The Morgan fingerprint density at radius 2 is 2.00 bits per heavy atom. The maximum atomic E-state index is 11.7. The van der Waals surface area contributed by atoms with E-state index in [0.29, 0.717) is 12.6 Å². The first-order valence-electron chi connectivity index (χ1n) is 7.34. The van der Waals surface area contributed by atoms with Crippen LogP contribution in [-0.4, -0.2) is 31.4 Å². The molecule has 0 amide bonds. The summed E-state index contributed by atoms with van der Waals surface area (Å²) in [6, 6.07) is 8.92. The molecule has 21 heavy (non-hydrogen) atoms. The van der Waals surface area contributed by atoms with Gasteiger partial charge in [0.15, 0.2) is 0 Å². The number of thioether (sulfide) groups is 1. The Hall–Kier alpha value is -1.16. The second-order valence-electron chi connectivity index (χ2n) is 6.44. The third kappa shape index (κ3) is 6.00. The van der Waals surface area contributed by atoms with Crippen molar-refractivity contribution < 1.29 is 9.53 Å². The number of rotatable bonds is 6. The Labute approximate surface area is 133 Å². The van der Waals surface area contributed by atoms with Gasteiger partial charge in [-0.05, 0) is 52.8 Å². The van der Waals surface area contributed by atoms with Crippen LogP contribution in [0.2, 0.25) is 0 Å². The lowest BCUT2D eigenvalue weighted by Crippen LogP contribution is -2.25. The third-order valence-corrected chi connectivity index (χ3v) is 4.16. The average Bonchev–Trinajstić information content (AvgIpc) is 2.41. The molecule has 1 rings (SSSR count). The normalized spacial score (nSPS) is 11.6. The lowest BCUT2D eigenvalue weighted by Gasteiger charge is -2.24. The molecule has 0 aromatic heterocycles. The summed E-state index contributed by atoms with van der Waals surface area (Å²) in [7, 11) is 2.10. The number of hydrogen-bond donors (Lipinski definition) is 0. The van der Waals surface area contributed by atoms with Gasteiger partial charge < -0.3 is 9.64 Å². The van der Waals surface area contributed by atoms with E-state index in [1.54, 1.807) is 11.8 Å². The van der Waals surface area contributed by atoms with E-state index in [-0.39, 0.29) is 5.97 Å². The topological polar surface area (TPSA) is 29.5 Å². The van der Waals surface area contributed by atoms with Crippen molar-refractivity contribution in [2.45, 2.75) is 45.6 Å². The number of esters is 1. The summed E-state index contributed by atoms with van der Waals surface area (Å²) >= 11 is 1.71. The molecule has 3 nitrogen and oxygen atoms in total. The fraction of sp³-hybridized carbons (Fsp3) is 0.588. The zero-order chi connectivity index (χ0) is 16.0. The van der Waals surface area contributed by atoms with E-state index in [1.807, 2.05) is 20.8 Å². The molecule has 0 aliphatic carbocycles. The Balaban J connectivity index is 2.46. The van der Waals surface area contributed by atoms with Crippen molar-refractivity contribution in [1.82, 2.24) is 0 Å². The van der Waals surface area contributed by atoms with Crippen molar-refractivity contribution in [3.8, 4) is 0 Å². The van der Waals surface area contributed by atoms with Gasteiger partial charge in [0.05, 0.1) is 5.41 Å². The summed E-state index contributed by atoms with van der Waals surface area (Å²) in [6.07, 6.45) is 0. The van der Waals surface area contributed by atoms with Crippen LogP contribution >= 0.6 is 11.8 Å². The SMILES string of the molecule is CC(C)N(C)c1cccc(SCCOC(=O)C(C)(C)C)c1. The maximum Gasteiger partial charge on any atom is 0.311 e. The molecule has 0 unspecified atom stereocenters. The van der Waals surface area contributed by atoms with Crippen LogP contribution in [0.15, 0.2) is 29.2 Å². The van der Waals surface area contributed by atoms with Crippen LogP contribution in [0.5, 0.6) is 0 Å². The van der Waals surface area contributed by atoms with Gasteiger partial charge in [0.25, 0.3) is 0 Å². The van der Waals surface area contributed by atoms with E-state index < -0.39 is 5.41 Å². The molecule has 0 saturated carbocycles. The summed E-state index contributed by atoms with van der Waals surface area (Å²) in [5.41, 5.74) is 0.784. The number of carbonyl (C=O) groups is 1. The van der Waals surface area contributed by atoms with E-state index in [4.69, 9.17) is 4.74 Å². The van der Waals surface area contributed by atoms with Crippen molar-refractivity contribution >= 4 is 23.4 Å². The van der Waals surface area contributed by atoms with Gasteiger partial charge in [-0.25, -0.2) is 0 Å². The predicted octanol–water partition coefficient (Wildman–Crippen LogP) is 4.21. The number of anilines is 1. The molecule has 0 radical (unpaired) electrons. The van der Waals surface area contributed by atoms with Crippen LogP contribution in [0.1, 0.15) is 34.6 Å². The molecular formula is C17H27NO2S. The molecule has 0 aliphatic heterocycles. The number of carbonyl (C=O) groups excluding carboxylic acids is 1. The molecular weight excluding hydrogens is 282 g/mol. The molecule has 4 heteroatoms. The van der Waals surface area contributed by atoms with Crippen LogP contribution < -0.4 is 4.90 Å². The lowest BCUT2D eigenvalue weighted by atomic mass is 9.97. The fourth-order valence-corrected chi connectivity index (χ4v) is 2.38. The van der Waals surface area contributed by atoms with Gasteiger partial charge in [0.1, 0.15) is 6.61 Å². The van der Waals surface area contributed by atoms with Crippen LogP contribution in [0.3, 0.4) is 0 Å². The van der Waals surface area contributed by atoms with Gasteiger partial charge in [-0.1, -0.05) is 6.07 Å². The minimum Gasteiger partial charge on any atom is -0.464 e. The van der Waals surface area contributed by atoms with E-state index in [2.05, 4.69) is 50.1 Å². The van der Waals surface area contributed by atoms with E-state index in [0.717, 1.165) is 5.75 Å². The molecule has 1 aromatic carbocycles. The molecule has 0 heterocycles. The summed E-state index contributed by atoms with van der Waals surface area (Å²) in [4.78, 5) is 15.1. The fourth-order valence-electron chi connectivity index (χ4n) is 1.60. The minimum absolute atomic E-state index is 0.142. The summed E-state index contributed by atoms with van der Waals surface area (Å²) < 4.78 is 5.27. The molecule has 0 saturated heterocycles. The quantitative estimate of drug-likeness (QED) is 0.447. The van der Waals surface area contributed by atoms with Gasteiger partial charge >= 0.3 is 5.97 Å². The molecule has 118 valence electrons. The third-order valence-electron chi connectivity index (χ3n) is 3.20. The Morgan fingerprint density at radius 1 is 1.33 bits per heavy atom. The number of nitrogens with zero attached hydrogens (tertiary/aromatic N) is 1. The Morgan fingerprint density at radius 3 is 2.57 bits per heavy atom. The second kappa shape index (κ2) is 7.74. The van der Waals surface area contributed by atoms with Gasteiger partial charge in [-0.2, -0.15) is 0 Å². The average molecular weight is 309 g/mol. The highest BCUT2D eigenvalue weighted by molar-refractivity contribution is 7.99. The van der Waals surface area contributed by atoms with E-state index >= 15 is 0 Å². The van der Waals surface area contributed by atoms with E-state index in [1.165, 1.54) is 10.6 Å². The van der Waals surface area contributed by atoms with Crippen LogP contribution in [-0.2, 0) is 9.53 Å². The zero-order valence-electron chi connectivity index (χ0n) is 14.0. The van der Waals surface area contributed by atoms with Crippen molar-refractivity contribution in [2.24, 2.45) is 5.41 Å². The van der Waals surface area contributed by atoms with Crippen LogP contribution in [0.25, 0.3) is 0 Å². The largest absolute Gasteiger partial charge is 0.464 e. The van der Waals surface area contributed by atoms with Crippen molar-refractivity contribution in [3.63, 3.8) is 0 Å². The number of hydrogen-bond acceptors (Lipinski definition) is 4. The molecule has 0 atom stereocenters. The molecule has 0 N–H and O–H groups in total. The lowest BCUT2D eigenvalue weighted by molar-refractivity contribution is -0.152. The van der Waals surface area contributed by atoms with Gasteiger partial charge in [-0.15, -0.1) is 11.8 Å². The first-order valence-corrected chi connectivity index (χ1v) is 8.33. The van der Waals surface area contributed by atoms with Crippen molar-refractivity contribution in [1.29, 1.82) is 0 Å². The molecule has 0 bridgehead atoms. The highest BCUT2D eigenvalue weighted by Gasteiger charge is 2.22. The second-order valence-corrected chi connectivity index (χ2v) is 7.60. The molecule has 0 aliphatic rings. The smallest absolute Gasteiger partial charge is 0.311 e. The summed E-state index contributed by atoms with van der Waals surface area (Å²) in [6.45, 7) is 10.4. The highest BCUT2D eigenvalue weighted by Crippen LogP contribution is 2.24.